The van der Waals surface area contributed by atoms with Gasteiger partial charge in [-0.1, -0.05) is 6.58 Å². The van der Waals surface area contributed by atoms with Crippen LogP contribution in [0, 0.1) is 0 Å². The first kappa shape index (κ1) is 13.2. The zero-order chi connectivity index (χ0) is 10.1. The number of carboxylic acid groups (broad SMARTS) is 1. The molecule has 0 fully saturated rings. The highest BCUT2D eigenvalue weighted by molar-refractivity contribution is 5.84. The van der Waals surface area contributed by atoms with Crippen molar-refractivity contribution in [2.24, 2.45) is 11.5 Å². The van der Waals surface area contributed by atoms with Crippen LogP contribution in [0.3, 0.4) is 0 Å². The van der Waals surface area contributed by atoms with Crippen LogP contribution in [0.1, 0.15) is 0 Å². The second kappa shape index (κ2) is 7.70. The van der Waals surface area contributed by atoms with Crippen LogP contribution in [-0.4, -0.2) is 34.7 Å². The molecule has 0 unspecified atom stereocenters. The maximum absolute atomic E-state index is 9.65. The zero-order valence-electron chi connectivity index (χ0n) is 6.43. The SMILES string of the molecule is C=CC(N)=O.N[C@@H](CO)C(=O)O. The molecule has 0 aliphatic heterocycles. The molecule has 0 aliphatic rings. The standard InChI is InChI=1S/C3H7NO3.C3H5NO/c4-2(1-5)3(6)7;1-2-3(4)5/h2,5H,1,4H2,(H,6,7);2H,1H2,(H2,4,5)/t2-;/m0./s1. The van der Waals surface area contributed by atoms with Gasteiger partial charge in [-0.25, -0.2) is 0 Å². The van der Waals surface area contributed by atoms with Crippen LogP contribution in [0.4, 0.5) is 0 Å². The number of nitrogens with two attached hydrogens (primary N) is 2. The molecule has 0 aliphatic carbocycles. The van der Waals surface area contributed by atoms with Gasteiger partial charge in [0.15, 0.2) is 0 Å². The minimum atomic E-state index is -1.18. The minimum Gasteiger partial charge on any atom is -0.480 e. The molecule has 0 saturated heterocycles. The predicted octanol–water partition coefficient (Wildman–Crippen LogP) is -1.95. The van der Waals surface area contributed by atoms with E-state index >= 15 is 0 Å². The third-order valence-electron chi connectivity index (χ3n) is 0.715. The summed E-state index contributed by atoms with van der Waals surface area (Å²) in [6.07, 6.45) is 1.06. The third-order valence-corrected chi connectivity index (χ3v) is 0.715. The van der Waals surface area contributed by atoms with Crippen LogP contribution in [0.25, 0.3) is 0 Å². The van der Waals surface area contributed by atoms with Crippen molar-refractivity contribution in [1.29, 1.82) is 0 Å². The second-order valence-electron chi connectivity index (χ2n) is 1.73. The largest absolute Gasteiger partial charge is 0.480 e. The van der Waals surface area contributed by atoms with Gasteiger partial charge in [0.05, 0.1) is 6.61 Å². The average Bonchev–Trinajstić information content (AvgIpc) is 2.04. The lowest BCUT2D eigenvalue weighted by Crippen LogP contribution is -2.33. The van der Waals surface area contributed by atoms with E-state index in [-0.39, 0.29) is 0 Å². The lowest BCUT2D eigenvalue weighted by molar-refractivity contribution is -0.139. The Kier molecular flexibility index (Phi) is 8.48. The molecule has 1 amide bonds. The Hall–Kier alpha value is -1.40. The van der Waals surface area contributed by atoms with Gasteiger partial charge in [0.1, 0.15) is 6.04 Å². The molecule has 6 N–H and O–H groups in total. The lowest BCUT2D eigenvalue weighted by atomic mass is 10.3. The van der Waals surface area contributed by atoms with Crippen molar-refractivity contribution in [2.75, 3.05) is 6.61 Å². The van der Waals surface area contributed by atoms with Gasteiger partial charge in [0.2, 0.25) is 5.91 Å². The van der Waals surface area contributed by atoms with Gasteiger partial charge in [-0.05, 0) is 6.08 Å². The van der Waals surface area contributed by atoms with Crippen LogP contribution < -0.4 is 11.5 Å². The van der Waals surface area contributed by atoms with Crippen molar-refractivity contribution in [1.82, 2.24) is 0 Å². The molecular weight excluding hydrogens is 164 g/mol. The highest BCUT2D eigenvalue weighted by atomic mass is 16.4. The van der Waals surface area contributed by atoms with Crippen molar-refractivity contribution < 1.29 is 19.8 Å². The second-order valence-corrected chi connectivity index (χ2v) is 1.73. The quantitative estimate of drug-likeness (QED) is 0.371. The third kappa shape index (κ3) is 11.4. The molecule has 12 heavy (non-hydrogen) atoms. The van der Waals surface area contributed by atoms with E-state index in [0.29, 0.717) is 0 Å². The number of carbonyl (C=O) groups excluding carboxylic acids is 1. The van der Waals surface area contributed by atoms with Crippen LogP contribution in [0.5, 0.6) is 0 Å². The molecule has 0 bridgehead atoms. The fourth-order valence-electron chi connectivity index (χ4n) is 0.0781. The van der Waals surface area contributed by atoms with E-state index in [4.69, 9.17) is 15.9 Å². The zero-order valence-corrected chi connectivity index (χ0v) is 6.43. The summed E-state index contributed by atoms with van der Waals surface area (Å²) in [6.45, 7) is 2.58. The lowest BCUT2D eigenvalue weighted by Gasteiger charge is -1.96. The van der Waals surface area contributed by atoms with Gasteiger partial charge in [-0.15, -0.1) is 0 Å². The Morgan fingerprint density at radius 2 is 1.92 bits per heavy atom. The summed E-state index contributed by atoms with van der Waals surface area (Å²) >= 11 is 0. The average molecular weight is 176 g/mol. The van der Waals surface area contributed by atoms with E-state index in [1.807, 2.05) is 0 Å². The van der Waals surface area contributed by atoms with Crippen molar-refractivity contribution in [2.45, 2.75) is 6.04 Å². The molecule has 6 heteroatoms. The molecule has 0 heterocycles. The number of carbonyl (C=O) groups is 2. The van der Waals surface area contributed by atoms with Gasteiger partial charge in [0.25, 0.3) is 0 Å². The summed E-state index contributed by atoms with van der Waals surface area (Å²) in [5, 5.41) is 15.9. The molecule has 0 aromatic carbocycles. The van der Waals surface area contributed by atoms with Crippen LogP contribution in [-0.2, 0) is 9.59 Å². The van der Waals surface area contributed by atoms with Gasteiger partial charge in [-0.2, -0.15) is 0 Å². The molecule has 0 saturated carbocycles. The van der Waals surface area contributed by atoms with Crippen LogP contribution in [0.15, 0.2) is 12.7 Å². The van der Waals surface area contributed by atoms with Crippen molar-refractivity contribution >= 4 is 11.9 Å². The van der Waals surface area contributed by atoms with Gasteiger partial charge in [0, 0.05) is 0 Å². The summed E-state index contributed by atoms with van der Waals surface area (Å²) in [6, 6.07) is -1.13. The Bertz CT molecular complexity index is 169. The normalized spacial score (nSPS) is 10.5. The fourth-order valence-corrected chi connectivity index (χ4v) is 0.0781. The molecule has 0 aromatic rings. The van der Waals surface area contributed by atoms with Crippen molar-refractivity contribution in [3.63, 3.8) is 0 Å². The highest BCUT2D eigenvalue weighted by Gasteiger charge is 2.06. The summed E-state index contributed by atoms with van der Waals surface area (Å²) < 4.78 is 0. The van der Waals surface area contributed by atoms with Gasteiger partial charge in [-0.3, -0.25) is 9.59 Å². The molecule has 0 spiro atoms. The molecule has 0 rings (SSSR count). The first-order valence-corrected chi connectivity index (χ1v) is 2.96. The number of carboxylic acids is 1. The first-order valence-electron chi connectivity index (χ1n) is 2.96. The maximum Gasteiger partial charge on any atom is 0.322 e. The number of aliphatic hydroxyl groups excluding tert-OH is 1. The number of aliphatic hydroxyl groups is 1. The molecule has 0 radical (unpaired) electrons. The van der Waals surface area contributed by atoms with E-state index in [1.165, 1.54) is 0 Å². The number of hydrogen-bond acceptors (Lipinski definition) is 4. The van der Waals surface area contributed by atoms with E-state index in [9.17, 15) is 9.59 Å². The summed E-state index contributed by atoms with van der Waals surface area (Å²) in [5.74, 6) is -1.66. The van der Waals surface area contributed by atoms with Gasteiger partial charge < -0.3 is 21.7 Å². The first-order chi connectivity index (χ1) is 5.45. The maximum atomic E-state index is 9.65. The summed E-state index contributed by atoms with van der Waals surface area (Å²) in [5.41, 5.74) is 9.30. The Morgan fingerprint density at radius 3 is 1.92 bits per heavy atom. The Morgan fingerprint density at radius 1 is 1.58 bits per heavy atom. The van der Waals surface area contributed by atoms with E-state index < -0.39 is 24.5 Å². The van der Waals surface area contributed by atoms with E-state index in [1.54, 1.807) is 0 Å². The highest BCUT2D eigenvalue weighted by Crippen LogP contribution is 1.71. The van der Waals surface area contributed by atoms with Crippen molar-refractivity contribution in [3.8, 4) is 0 Å². The number of aliphatic carboxylic acids is 1. The number of primary amides is 1. The molecular formula is C6H12N2O4. The smallest absolute Gasteiger partial charge is 0.322 e. The monoisotopic (exact) mass is 176 g/mol. The summed E-state index contributed by atoms with van der Waals surface area (Å²) in [7, 11) is 0. The molecule has 1 atom stereocenters. The number of hydrogen-bond donors (Lipinski definition) is 4. The molecule has 6 nitrogen and oxygen atoms in total. The molecule has 70 valence electrons. The summed E-state index contributed by atoms with van der Waals surface area (Å²) in [4.78, 5) is 19.1. The van der Waals surface area contributed by atoms with E-state index in [0.717, 1.165) is 6.08 Å². The minimum absolute atomic E-state index is 0.481. The van der Waals surface area contributed by atoms with Crippen LogP contribution >= 0.6 is 0 Å². The van der Waals surface area contributed by atoms with E-state index in [2.05, 4.69) is 12.3 Å². The topological polar surface area (TPSA) is 127 Å². The van der Waals surface area contributed by atoms with Crippen LogP contribution in [0.2, 0.25) is 0 Å². The number of amides is 1. The van der Waals surface area contributed by atoms with Gasteiger partial charge >= 0.3 is 5.97 Å². The molecule has 0 aromatic heterocycles. The Labute approximate surface area is 69.5 Å². The van der Waals surface area contributed by atoms with Crippen molar-refractivity contribution in [3.05, 3.63) is 12.7 Å². The number of rotatable bonds is 3. The fraction of sp³-hybridized carbons (Fsp3) is 0.333. The Balaban J connectivity index is 0. The predicted molar refractivity (Wildman–Crippen MR) is 42.1 cm³/mol.